The van der Waals surface area contributed by atoms with Gasteiger partial charge in [-0.2, -0.15) is 0 Å². The summed E-state index contributed by atoms with van der Waals surface area (Å²) in [6.07, 6.45) is 8.44. The largest absolute Gasteiger partial charge is 0.389 e. The Hall–Kier alpha value is -1.72. The Balaban J connectivity index is 1.42. The van der Waals surface area contributed by atoms with Gasteiger partial charge in [-0.25, -0.2) is 0 Å². The lowest BCUT2D eigenvalue weighted by Gasteiger charge is -2.43. The smallest absolute Gasteiger partial charge is 0.228 e. The minimum absolute atomic E-state index is 0.0892. The van der Waals surface area contributed by atoms with Crippen LogP contribution < -0.4 is 0 Å². The second-order valence-corrected chi connectivity index (χ2v) is 9.30. The maximum Gasteiger partial charge on any atom is 0.228 e. The number of rotatable bonds is 8. The summed E-state index contributed by atoms with van der Waals surface area (Å²) in [4.78, 5) is 29.5. The highest BCUT2D eigenvalue weighted by Gasteiger charge is 2.42. The van der Waals surface area contributed by atoms with Crippen LogP contribution >= 0.6 is 0 Å². The fourth-order valence-corrected chi connectivity index (χ4v) is 5.01. The zero-order valence-electron chi connectivity index (χ0n) is 18.7. The van der Waals surface area contributed by atoms with E-state index >= 15 is 0 Å². The number of benzene rings is 1. The average Bonchev–Trinajstić information content (AvgIpc) is 2.80. The van der Waals surface area contributed by atoms with Crippen LogP contribution in [0.25, 0.3) is 0 Å². The van der Waals surface area contributed by atoms with Crippen molar-refractivity contribution in [2.75, 3.05) is 26.7 Å². The van der Waals surface area contributed by atoms with Crippen molar-refractivity contribution in [3.05, 3.63) is 35.9 Å². The van der Waals surface area contributed by atoms with Crippen molar-refractivity contribution in [3.8, 4) is 0 Å². The van der Waals surface area contributed by atoms with Crippen LogP contribution in [0, 0.1) is 5.92 Å². The van der Waals surface area contributed by atoms with E-state index in [1.165, 1.54) is 19.3 Å². The highest BCUT2D eigenvalue weighted by molar-refractivity contribution is 5.95. The number of hydrogen-bond donors (Lipinski definition) is 1. The van der Waals surface area contributed by atoms with E-state index in [2.05, 4.69) is 4.90 Å². The summed E-state index contributed by atoms with van der Waals surface area (Å²) in [5.74, 6) is -0.0911. The van der Waals surface area contributed by atoms with Crippen LogP contribution in [-0.4, -0.2) is 64.9 Å². The molecule has 2 aliphatic rings. The maximum atomic E-state index is 13.0. The number of amides is 1. The van der Waals surface area contributed by atoms with Gasteiger partial charge in [0.15, 0.2) is 5.78 Å². The molecule has 1 heterocycles. The molecule has 1 aliphatic carbocycles. The number of likely N-dealkylation sites (tertiary alicyclic amines) is 1. The number of aliphatic hydroxyl groups is 1. The van der Waals surface area contributed by atoms with Gasteiger partial charge in [0.25, 0.3) is 0 Å². The van der Waals surface area contributed by atoms with E-state index in [0.29, 0.717) is 25.3 Å². The molecular formula is C25H38N2O3. The second-order valence-electron chi connectivity index (χ2n) is 9.30. The molecule has 1 saturated heterocycles. The number of ketones is 1. The van der Waals surface area contributed by atoms with Crippen molar-refractivity contribution in [1.29, 1.82) is 0 Å². The van der Waals surface area contributed by atoms with Crippen LogP contribution in [0.15, 0.2) is 30.3 Å². The molecule has 5 heteroatoms. The van der Waals surface area contributed by atoms with Crippen molar-refractivity contribution in [3.63, 3.8) is 0 Å². The van der Waals surface area contributed by atoms with Crippen LogP contribution in [-0.2, 0) is 4.79 Å². The normalized spacial score (nSPS) is 21.2. The molecule has 1 unspecified atom stereocenters. The second kappa shape index (κ2) is 10.5. The third kappa shape index (κ3) is 5.70. The van der Waals surface area contributed by atoms with Gasteiger partial charge in [0, 0.05) is 38.2 Å². The Morgan fingerprint density at radius 1 is 1.13 bits per heavy atom. The molecule has 0 spiro atoms. The third-order valence-electron chi connectivity index (χ3n) is 7.34. The lowest BCUT2D eigenvalue weighted by atomic mass is 9.79. The lowest BCUT2D eigenvalue weighted by Crippen LogP contribution is -2.54. The maximum absolute atomic E-state index is 13.0. The molecule has 0 radical (unpaired) electrons. The molecule has 2 fully saturated rings. The van der Waals surface area contributed by atoms with Crippen LogP contribution in [0.5, 0.6) is 0 Å². The first-order valence-corrected chi connectivity index (χ1v) is 11.7. The SMILES string of the molecule is CC(C(=O)N(C)C1CCCCC1)C1(O)CCN(CCCC(=O)c2ccccc2)CC1. The van der Waals surface area contributed by atoms with Crippen molar-refractivity contribution in [2.24, 2.45) is 5.92 Å². The molecule has 30 heavy (non-hydrogen) atoms. The molecule has 1 aromatic carbocycles. The van der Waals surface area contributed by atoms with Crippen LogP contribution in [0.3, 0.4) is 0 Å². The molecule has 1 N–H and O–H groups in total. The van der Waals surface area contributed by atoms with Gasteiger partial charge in [-0.3, -0.25) is 9.59 Å². The van der Waals surface area contributed by atoms with E-state index in [4.69, 9.17) is 0 Å². The average molecular weight is 415 g/mol. The summed E-state index contributed by atoms with van der Waals surface area (Å²) >= 11 is 0. The van der Waals surface area contributed by atoms with Crippen LogP contribution in [0.2, 0.25) is 0 Å². The molecule has 5 nitrogen and oxygen atoms in total. The summed E-state index contributed by atoms with van der Waals surface area (Å²) in [6, 6.07) is 9.78. The van der Waals surface area contributed by atoms with Gasteiger partial charge in [0.1, 0.15) is 0 Å². The first-order chi connectivity index (χ1) is 14.4. The third-order valence-corrected chi connectivity index (χ3v) is 7.34. The van der Waals surface area contributed by atoms with Crippen LogP contribution in [0.1, 0.15) is 75.1 Å². The Labute approximate surface area is 181 Å². The Morgan fingerprint density at radius 2 is 1.77 bits per heavy atom. The minimum atomic E-state index is -0.920. The summed E-state index contributed by atoms with van der Waals surface area (Å²) in [5, 5.41) is 11.2. The summed E-state index contributed by atoms with van der Waals surface area (Å²) in [5.41, 5.74) is -0.143. The molecular weight excluding hydrogens is 376 g/mol. The number of carbonyl (C=O) groups excluding carboxylic acids is 2. The number of piperidine rings is 1. The number of Topliss-reactive ketones (excluding diaryl/α,β-unsaturated/α-hetero) is 1. The molecule has 1 saturated carbocycles. The molecule has 0 bridgehead atoms. The van der Waals surface area contributed by atoms with Gasteiger partial charge < -0.3 is 14.9 Å². The predicted octanol–water partition coefficient (Wildman–Crippen LogP) is 3.90. The molecule has 1 aliphatic heterocycles. The zero-order valence-corrected chi connectivity index (χ0v) is 18.7. The summed E-state index contributed by atoms with van der Waals surface area (Å²) in [7, 11) is 1.91. The first kappa shape index (κ1) is 23.0. The Bertz CT molecular complexity index is 692. The van der Waals surface area contributed by atoms with Crippen LogP contribution in [0.4, 0.5) is 0 Å². The van der Waals surface area contributed by atoms with Crippen molar-refractivity contribution in [1.82, 2.24) is 9.80 Å². The Morgan fingerprint density at radius 3 is 2.40 bits per heavy atom. The summed E-state index contributed by atoms with van der Waals surface area (Å²) < 4.78 is 0. The van der Waals surface area contributed by atoms with Gasteiger partial charge in [0.05, 0.1) is 11.5 Å². The standard InChI is InChI=1S/C25H38N2O3/c1-20(24(29)26(2)22-12-7-4-8-13-22)25(30)15-18-27(19-16-25)17-9-14-23(28)21-10-5-3-6-11-21/h3,5-6,10-11,20,22,30H,4,7-9,12-19H2,1-2H3. The monoisotopic (exact) mass is 414 g/mol. The van der Waals surface area contributed by atoms with E-state index in [1.807, 2.05) is 49.2 Å². The molecule has 0 aromatic heterocycles. The molecule has 166 valence electrons. The molecule has 3 rings (SSSR count). The first-order valence-electron chi connectivity index (χ1n) is 11.7. The molecule has 1 amide bonds. The van der Waals surface area contributed by atoms with Crippen molar-refractivity contribution in [2.45, 2.75) is 76.4 Å². The topological polar surface area (TPSA) is 60.9 Å². The van der Waals surface area contributed by atoms with E-state index in [-0.39, 0.29) is 17.6 Å². The summed E-state index contributed by atoms with van der Waals surface area (Å²) in [6.45, 7) is 4.32. The number of nitrogens with zero attached hydrogens (tertiary/aromatic N) is 2. The van der Waals surface area contributed by atoms with Gasteiger partial charge in [0.2, 0.25) is 5.91 Å². The van der Waals surface area contributed by atoms with E-state index in [0.717, 1.165) is 44.5 Å². The molecule has 1 atom stereocenters. The van der Waals surface area contributed by atoms with Gasteiger partial charge in [-0.15, -0.1) is 0 Å². The van der Waals surface area contributed by atoms with E-state index in [1.54, 1.807) is 0 Å². The van der Waals surface area contributed by atoms with E-state index < -0.39 is 5.60 Å². The predicted molar refractivity (Wildman–Crippen MR) is 119 cm³/mol. The molecule has 1 aromatic rings. The van der Waals surface area contributed by atoms with Crippen molar-refractivity contribution < 1.29 is 14.7 Å². The number of carbonyl (C=O) groups is 2. The highest BCUT2D eigenvalue weighted by Crippen LogP contribution is 2.32. The highest BCUT2D eigenvalue weighted by atomic mass is 16.3. The van der Waals surface area contributed by atoms with Gasteiger partial charge in [-0.1, -0.05) is 56.5 Å². The Kier molecular flexibility index (Phi) is 8.06. The zero-order chi connectivity index (χ0) is 21.6. The van der Waals surface area contributed by atoms with E-state index in [9.17, 15) is 14.7 Å². The lowest BCUT2D eigenvalue weighted by molar-refractivity contribution is -0.149. The minimum Gasteiger partial charge on any atom is -0.389 e. The number of hydrogen-bond acceptors (Lipinski definition) is 4. The quantitative estimate of drug-likeness (QED) is 0.656. The fraction of sp³-hybridized carbons (Fsp3) is 0.680. The van der Waals surface area contributed by atoms with Gasteiger partial charge >= 0.3 is 0 Å². The fourth-order valence-electron chi connectivity index (χ4n) is 5.01. The van der Waals surface area contributed by atoms with Crippen molar-refractivity contribution >= 4 is 11.7 Å². The van der Waals surface area contributed by atoms with Gasteiger partial charge in [-0.05, 0) is 38.6 Å².